The number of morpholine rings is 1. The lowest BCUT2D eigenvalue weighted by atomic mass is 9.94. The molecule has 1 aliphatic heterocycles. The second kappa shape index (κ2) is 6.86. The second-order valence-corrected chi connectivity index (χ2v) is 5.99. The van der Waals surface area contributed by atoms with E-state index in [4.69, 9.17) is 9.47 Å². The molecule has 0 atom stereocenters. The van der Waals surface area contributed by atoms with Crippen molar-refractivity contribution < 1.29 is 14.3 Å². The van der Waals surface area contributed by atoms with Crippen molar-refractivity contribution in [3.8, 4) is 0 Å². The maximum atomic E-state index is 11.9. The lowest BCUT2D eigenvalue weighted by Gasteiger charge is -2.34. The van der Waals surface area contributed by atoms with Crippen LogP contribution in [0.3, 0.4) is 0 Å². The Balaban J connectivity index is 1.80. The van der Waals surface area contributed by atoms with Crippen LogP contribution >= 0.6 is 0 Å². The number of nitrogens with zero attached hydrogens (tertiary/aromatic N) is 1. The van der Waals surface area contributed by atoms with Gasteiger partial charge in [0.15, 0.2) is 0 Å². The molecule has 1 heterocycles. The molecular formula is C16H23NO3. The quantitative estimate of drug-likeness (QED) is 0.773. The van der Waals surface area contributed by atoms with Crippen LogP contribution in [0.15, 0.2) is 30.3 Å². The van der Waals surface area contributed by atoms with Gasteiger partial charge in [-0.1, -0.05) is 32.0 Å². The molecule has 0 spiro atoms. The number of hydrogen-bond acceptors (Lipinski definition) is 4. The molecule has 1 aromatic rings. The Bertz CT molecular complexity index is 425. The number of benzene rings is 1. The summed E-state index contributed by atoms with van der Waals surface area (Å²) in [6.45, 7) is 9.09. The minimum absolute atomic E-state index is 0.0538. The third kappa shape index (κ3) is 4.62. The Labute approximate surface area is 120 Å². The molecule has 0 unspecified atom stereocenters. The van der Waals surface area contributed by atoms with E-state index in [9.17, 15) is 4.79 Å². The van der Waals surface area contributed by atoms with Gasteiger partial charge in [0.2, 0.25) is 0 Å². The molecule has 0 radical (unpaired) electrons. The summed E-state index contributed by atoms with van der Waals surface area (Å²) < 4.78 is 10.8. The second-order valence-electron chi connectivity index (χ2n) is 5.99. The van der Waals surface area contributed by atoms with Gasteiger partial charge in [0.25, 0.3) is 0 Å². The number of ether oxygens (including phenoxy) is 2. The van der Waals surface area contributed by atoms with Crippen molar-refractivity contribution in [1.29, 1.82) is 0 Å². The molecule has 1 aliphatic rings. The van der Waals surface area contributed by atoms with Crippen molar-refractivity contribution in [3.63, 3.8) is 0 Å². The van der Waals surface area contributed by atoms with Gasteiger partial charge in [0.1, 0.15) is 0 Å². The zero-order valence-electron chi connectivity index (χ0n) is 12.3. The Kier molecular flexibility index (Phi) is 5.15. The molecule has 2 rings (SSSR count). The Morgan fingerprint density at radius 1 is 1.25 bits per heavy atom. The summed E-state index contributed by atoms with van der Waals surface area (Å²) in [5.74, 6) is -0.249. The third-order valence-corrected chi connectivity index (χ3v) is 3.36. The van der Waals surface area contributed by atoms with Gasteiger partial charge in [-0.25, -0.2) is 4.79 Å². The fourth-order valence-corrected chi connectivity index (χ4v) is 2.33. The summed E-state index contributed by atoms with van der Waals surface area (Å²) in [5, 5.41) is 0. The Morgan fingerprint density at radius 2 is 1.90 bits per heavy atom. The highest BCUT2D eigenvalue weighted by Crippen LogP contribution is 2.19. The van der Waals surface area contributed by atoms with E-state index >= 15 is 0 Å². The fraction of sp³-hybridized carbons (Fsp3) is 0.562. The van der Waals surface area contributed by atoms with Gasteiger partial charge in [-0.2, -0.15) is 0 Å². The van der Waals surface area contributed by atoms with E-state index in [1.807, 2.05) is 18.2 Å². The number of rotatable bonds is 5. The van der Waals surface area contributed by atoms with Gasteiger partial charge < -0.3 is 9.47 Å². The normalized spacial score (nSPS) is 16.9. The van der Waals surface area contributed by atoms with Gasteiger partial charge in [0.05, 0.1) is 25.4 Å². The molecular weight excluding hydrogens is 254 g/mol. The monoisotopic (exact) mass is 277 g/mol. The molecule has 4 nitrogen and oxygen atoms in total. The van der Waals surface area contributed by atoms with E-state index in [0.717, 1.165) is 32.8 Å². The average Bonchev–Trinajstić information content (AvgIpc) is 2.46. The predicted octanol–water partition coefficient (Wildman–Crippen LogP) is 2.20. The molecule has 0 saturated carbocycles. The van der Waals surface area contributed by atoms with E-state index in [0.29, 0.717) is 12.2 Å². The van der Waals surface area contributed by atoms with E-state index in [1.54, 1.807) is 12.1 Å². The molecule has 0 N–H and O–H groups in total. The molecule has 0 bridgehead atoms. The largest absolute Gasteiger partial charge is 0.461 e. The van der Waals surface area contributed by atoms with E-state index in [-0.39, 0.29) is 11.4 Å². The summed E-state index contributed by atoms with van der Waals surface area (Å²) >= 11 is 0. The highest BCUT2D eigenvalue weighted by Gasteiger charge is 2.25. The molecule has 1 fully saturated rings. The van der Waals surface area contributed by atoms with Crippen LogP contribution in [0.5, 0.6) is 0 Å². The van der Waals surface area contributed by atoms with Crippen molar-refractivity contribution >= 4 is 5.97 Å². The van der Waals surface area contributed by atoms with E-state index in [2.05, 4.69) is 18.7 Å². The van der Waals surface area contributed by atoms with E-state index in [1.165, 1.54) is 0 Å². The molecule has 0 aliphatic carbocycles. The minimum Gasteiger partial charge on any atom is -0.461 e. The number of carbonyl (C=O) groups excluding carboxylic acids is 1. The van der Waals surface area contributed by atoms with Gasteiger partial charge in [-0.05, 0) is 12.1 Å². The molecule has 1 saturated heterocycles. The lowest BCUT2D eigenvalue weighted by Crippen LogP contribution is -2.43. The lowest BCUT2D eigenvalue weighted by molar-refractivity contribution is -0.000199. The molecule has 1 aromatic carbocycles. The Hall–Kier alpha value is -1.39. The first-order valence-corrected chi connectivity index (χ1v) is 7.09. The summed E-state index contributed by atoms with van der Waals surface area (Å²) in [5.41, 5.74) is 0.552. The van der Waals surface area contributed by atoms with Crippen LogP contribution in [0.2, 0.25) is 0 Å². The zero-order valence-corrected chi connectivity index (χ0v) is 12.3. The van der Waals surface area contributed by atoms with Crippen LogP contribution in [-0.4, -0.2) is 50.3 Å². The first kappa shape index (κ1) is 15.0. The molecule has 0 amide bonds. The van der Waals surface area contributed by atoms with Crippen LogP contribution in [0.25, 0.3) is 0 Å². The molecule has 0 aromatic heterocycles. The van der Waals surface area contributed by atoms with Gasteiger partial charge >= 0.3 is 5.97 Å². The topological polar surface area (TPSA) is 38.8 Å². The number of esters is 1. The summed E-state index contributed by atoms with van der Waals surface area (Å²) in [4.78, 5) is 14.3. The van der Waals surface area contributed by atoms with Crippen LogP contribution in [0.4, 0.5) is 0 Å². The van der Waals surface area contributed by atoms with Crippen molar-refractivity contribution in [3.05, 3.63) is 35.9 Å². The summed E-state index contributed by atoms with van der Waals surface area (Å²) in [7, 11) is 0. The van der Waals surface area contributed by atoms with Crippen LogP contribution in [-0.2, 0) is 9.47 Å². The van der Waals surface area contributed by atoms with Gasteiger partial charge in [0, 0.05) is 25.0 Å². The van der Waals surface area contributed by atoms with Crippen molar-refractivity contribution in [2.45, 2.75) is 13.8 Å². The first-order valence-electron chi connectivity index (χ1n) is 7.09. The molecule has 20 heavy (non-hydrogen) atoms. The molecule has 4 heteroatoms. The van der Waals surface area contributed by atoms with Crippen LogP contribution in [0.1, 0.15) is 24.2 Å². The van der Waals surface area contributed by atoms with Crippen LogP contribution < -0.4 is 0 Å². The zero-order chi connectivity index (χ0) is 14.4. The summed E-state index contributed by atoms with van der Waals surface area (Å²) in [6.07, 6.45) is 0. The smallest absolute Gasteiger partial charge is 0.338 e. The summed E-state index contributed by atoms with van der Waals surface area (Å²) in [6, 6.07) is 9.12. The maximum absolute atomic E-state index is 11.9. The van der Waals surface area contributed by atoms with E-state index < -0.39 is 0 Å². The van der Waals surface area contributed by atoms with Crippen molar-refractivity contribution in [2.24, 2.45) is 5.41 Å². The maximum Gasteiger partial charge on any atom is 0.338 e. The number of hydrogen-bond donors (Lipinski definition) is 0. The Morgan fingerprint density at radius 3 is 2.55 bits per heavy atom. The van der Waals surface area contributed by atoms with Crippen molar-refractivity contribution in [1.82, 2.24) is 4.90 Å². The highest BCUT2D eigenvalue weighted by molar-refractivity contribution is 5.89. The van der Waals surface area contributed by atoms with Crippen LogP contribution in [0, 0.1) is 5.41 Å². The highest BCUT2D eigenvalue weighted by atomic mass is 16.5. The molecule has 110 valence electrons. The minimum atomic E-state index is -0.249. The predicted molar refractivity (Wildman–Crippen MR) is 77.8 cm³/mol. The van der Waals surface area contributed by atoms with Gasteiger partial charge in [-0.3, -0.25) is 4.90 Å². The van der Waals surface area contributed by atoms with Crippen molar-refractivity contribution in [2.75, 3.05) is 39.5 Å². The van der Waals surface area contributed by atoms with Gasteiger partial charge in [-0.15, -0.1) is 0 Å². The number of carbonyl (C=O) groups is 1. The fourth-order valence-electron chi connectivity index (χ4n) is 2.33. The first-order chi connectivity index (χ1) is 9.57. The SMILES string of the molecule is CC(C)(COC(=O)c1ccccc1)CN1CCOCC1. The average molecular weight is 277 g/mol. The standard InChI is InChI=1S/C16H23NO3/c1-16(2,12-17-8-10-19-11-9-17)13-20-15(18)14-6-4-3-5-7-14/h3-7H,8-13H2,1-2H3. The third-order valence-electron chi connectivity index (χ3n) is 3.36.